The second kappa shape index (κ2) is 7.74. The van der Waals surface area contributed by atoms with Gasteiger partial charge in [0, 0.05) is 0 Å². The van der Waals surface area contributed by atoms with Gasteiger partial charge < -0.3 is 14.2 Å². The molecule has 4 heteroatoms. The Balaban J connectivity index is 1.91. The average Bonchev–Trinajstić information content (AvgIpc) is 2.58. The van der Waals surface area contributed by atoms with Crippen LogP contribution in [0.25, 0.3) is 0 Å². The number of ether oxygens (including phenoxy) is 3. The van der Waals surface area contributed by atoms with E-state index in [2.05, 4.69) is 39.0 Å². The summed E-state index contributed by atoms with van der Waals surface area (Å²) in [6, 6.07) is 15.4. The molecule has 0 amide bonds. The van der Waals surface area contributed by atoms with Gasteiger partial charge in [-0.2, -0.15) is 5.26 Å². The first-order valence-electron chi connectivity index (χ1n) is 7.89. The highest BCUT2D eigenvalue weighted by Crippen LogP contribution is 2.30. The van der Waals surface area contributed by atoms with Crippen molar-refractivity contribution >= 4 is 0 Å². The van der Waals surface area contributed by atoms with E-state index in [4.69, 9.17) is 19.5 Å². The van der Waals surface area contributed by atoms with Crippen molar-refractivity contribution in [3.63, 3.8) is 0 Å². The quantitative estimate of drug-likeness (QED) is 0.742. The van der Waals surface area contributed by atoms with Crippen LogP contribution >= 0.6 is 0 Å². The molecule has 0 heterocycles. The fourth-order valence-corrected chi connectivity index (χ4v) is 2.27. The van der Waals surface area contributed by atoms with Gasteiger partial charge in [0.2, 0.25) is 0 Å². The monoisotopic (exact) mass is 325 g/mol. The Morgan fingerprint density at radius 2 is 1.62 bits per heavy atom. The van der Waals surface area contributed by atoms with Crippen LogP contribution in [0.4, 0.5) is 0 Å². The largest absolute Gasteiger partial charge is 0.493 e. The van der Waals surface area contributed by atoms with Crippen molar-refractivity contribution in [2.45, 2.75) is 26.2 Å². The van der Waals surface area contributed by atoms with E-state index in [1.54, 1.807) is 25.3 Å². The van der Waals surface area contributed by atoms with Crippen molar-refractivity contribution in [3.05, 3.63) is 53.6 Å². The van der Waals surface area contributed by atoms with Crippen LogP contribution in [0.2, 0.25) is 0 Å². The van der Waals surface area contributed by atoms with E-state index >= 15 is 0 Å². The Bertz CT molecular complexity index is 709. The third-order valence-corrected chi connectivity index (χ3v) is 3.64. The molecule has 0 radical (unpaired) electrons. The summed E-state index contributed by atoms with van der Waals surface area (Å²) in [6.07, 6.45) is 0. The highest BCUT2D eigenvalue weighted by molar-refractivity contribution is 5.52. The van der Waals surface area contributed by atoms with Gasteiger partial charge in [-0.1, -0.05) is 39.0 Å². The van der Waals surface area contributed by atoms with Crippen LogP contribution < -0.4 is 14.2 Å². The lowest BCUT2D eigenvalue weighted by molar-refractivity contribution is 0.211. The summed E-state index contributed by atoms with van der Waals surface area (Å²) in [7, 11) is 1.55. The SMILES string of the molecule is COc1cccc(C#N)c1OCCOc1ccc(C(C)(C)C)cc1. The second-order valence-electron chi connectivity index (χ2n) is 6.42. The number of methoxy groups -OCH3 is 1. The van der Waals surface area contributed by atoms with E-state index in [1.165, 1.54) is 5.56 Å². The lowest BCUT2D eigenvalue weighted by Crippen LogP contribution is -2.12. The fraction of sp³-hybridized carbons (Fsp3) is 0.350. The summed E-state index contributed by atoms with van der Waals surface area (Å²) in [4.78, 5) is 0. The zero-order chi connectivity index (χ0) is 17.6. The third-order valence-electron chi connectivity index (χ3n) is 3.64. The van der Waals surface area contributed by atoms with Gasteiger partial charge in [0.1, 0.15) is 25.0 Å². The van der Waals surface area contributed by atoms with Gasteiger partial charge in [-0.3, -0.25) is 0 Å². The maximum Gasteiger partial charge on any atom is 0.179 e. The molecule has 0 spiro atoms. The Morgan fingerprint density at radius 1 is 0.958 bits per heavy atom. The lowest BCUT2D eigenvalue weighted by atomic mass is 9.87. The molecule has 0 saturated carbocycles. The standard InChI is InChI=1S/C20H23NO3/c1-20(2,3)16-8-10-17(11-9-16)23-12-13-24-19-15(14-21)6-5-7-18(19)22-4/h5-11H,12-13H2,1-4H3. The molecular formula is C20H23NO3. The zero-order valence-corrected chi connectivity index (χ0v) is 14.6. The van der Waals surface area contributed by atoms with Crippen LogP contribution in [0.1, 0.15) is 31.9 Å². The van der Waals surface area contributed by atoms with E-state index in [0.29, 0.717) is 30.3 Å². The molecule has 126 valence electrons. The Kier molecular flexibility index (Phi) is 5.70. The fourth-order valence-electron chi connectivity index (χ4n) is 2.27. The molecule has 0 aromatic heterocycles. The van der Waals surface area contributed by atoms with E-state index < -0.39 is 0 Å². The number of para-hydroxylation sites is 1. The molecule has 0 fully saturated rings. The maximum absolute atomic E-state index is 9.15. The summed E-state index contributed by atoms with van der Waals surface area (Å²) >= 11 is 0. The van der Waals surface area contributed by atoms with Crippen molar-refractivity contribution in [3.8, 4) is 23.3 Å². The molecule has 0 atom stereocenters. The number of hydrogen-bond acceptors (Lipinski definition) is 4. The summed E-state index contributed by atoms with van der Waals surface area (Å²) in [5.41, 5.74) is 1.84. The highest BCUT2D eigenvalue weighted by Gasteiger charge is 2.13. The number of benzene rings is 2. The van der Waals surface area contributed by atoms with Gasteiger partial charge in [-0.05, 0) is 35.2 Å². The predicted molar refractivity (Wildman–Crippen MR) is 93.8 cm³/mol. The molecule has 0 bridgehead atoms. The summed E-state index contributed by atoms with van der Waals surface area (Å²) < 4.78 is 16.6. The van der Waals surface area contributed by atoms with Crippen LogP contribution in [-0.4, -0.2) is 20.3 Å². The van der Waals surface area contributed by atoms with Gasteiger partial charge in [0.15, 0.2) is 11.5 Å². The van der Waals surface area contributed by atoms with Gasteiger partial charge >= 0.3 is 0 Å². The molecule has 24 heavy (non-hydrogen) atoms. The predicted octanol–water partition coefficient (Wildman–Crippen LogP) is 4.32. The van der Waals surface area contributed by atoms with Crippen molar-refractivity contribution in [2.24, 2.45) is 0 Å². The molecule has 2 rings (SSSR count). The van der Waals surface area contributed by atoms with Crippen molar-refractivity contribution in [1.29, 1.82) is 5.26 Å². The van der Waals surface area contributed by atoms with Gasteiger partial charge in [-0.15, -0.1) is 0 Å². The first-order chi connectivity index (χ1) is 11.5. The number of nitriles is 1. The highest BCUT2D eigenvalue weighted by atomic mass is 16.5. The molecule has 0 aliphatic heterocycles. The molecule has 4 nitrogen and oxygen atoms in total. The molecule has 2 aromatic carbocycles. The molecule has 0 unspecified atom stereocenters. The summed E-state index contributed by atoms with van der Waals surface area (Å²) in [6.45, 7) is 7.25. The average molecular weight is 325 g/mol. The second-order valence-corrected chi connectivity index (χ2v) is 6.42. The summed E-state index contributed by atoms with van der Waals surface area (Å²) in [5, 5.41) is 9.15. The minimum Gasteiger partial charge on any atom is -0.493 e. The number of nitrogens with zero attached hydrogens (tertiary/aromatic N) is 1. The van der Waals surface area contributed by atoms with Crippen LogP contribution in [0, 0.1) is 11.3 Å². The zero-order valence-electron chi connectivity index (χ0n) is 14.6. The number of hydrogen-bond donors (Lipinski definition) is 0. The van der Waals surface area contributed by atoms with Crippen molar-refractivity contribution in [2.75, 3.05) is 20.3 Å². The summed E-state index contributed by atoms with van der Waals surface area (Å²) in [5.74, 6) is 1.80. The molecule has 2 aromatic rings. The minimum absolute atomic E-state index is 0.124. The van der Waals surface area contributed by atoms with E-state index in [-0.39, 0.29) is 5.41 Å². The smallest absolute Gasteiger partial charge is 0.179 e. The van der Waals surface area contributed by atoms with Crippen LogP contribution in [0.5, 0.6) is 17.2 Å². The van der Waals surface area contributed by atoms with Crippen LogP contribution in [0.15, 0.2) is 42.5 Å². The number of rotatable bonds is 6. The molecule has 0 aliphatic rings. The minimum atomic E-state index is 0.124. The first kappa shape index (κ1) is 17.7. The molecule has 0 saturated heterocycles. The van der Waals surface area contributed by atoms with Gasteiger partial charge in [0.05, 0.1) is 12.7 Å². The van der Waals surface area contributed by atoms with E-state index in [1.807, 2.05) is 12.1 Å². The van der Waals surface area contributed by atoms with Gasteiger partial charge in [-0.25, -0.2) is 0 Å². The topological polar surface area (TPSA) is 51.5 Å². The molecular weight excluding hydrogens is 302 g/mol. The maximum atomic E-state index is 9.15. The molecule has 0 aliphatic carbocycles. The van der Waals surface area contributed by atoms with Gasteiger partial charge in [0.25, 0.3) is 0 Å². The Hall–Kier alpha value is -2.67. The van der Waals surface area contributed by atoms with Crippen molar-refractivity contribution in [1.82, 2.24) is 0 Å². The van der Waals surface area contributed by atoms with Crippen LogP contribution in [0.3, 0.4) is 0 Å². The van der Waals surface area contributed by atoms with Crippen molar-refractivity contribution < 1.29 is 14.2 Å². The lowest BCUT2D eigenvalue weighted by Gasteiger charge is -2.19. The normalized spacial score (nSPS) is 10.8. The van der Waals surface area contributed by atoms with Crippen LogP contribution in [-0.2, 0) is 5.41 Å². The van der Waals surface area contributed by atoms with E-state index in [0.717, 1.165) is 5.75 Å². The first-order valence-corrected chi connectivity index (χ1v) is 7.89. The van der Waals surface area contributed by atoms with E-state index in [9.17, 15) is 0 Å². The Labute approximate surface area is 143 Å². The molecule has 0 N–H and O–H groups in total. The third kappa shape index (κ3) is 4.42. The Morgan fingerprint density at radius 3 is 2.21 bits per heavy atom.